The molecule has 190 valence electrons. The number of amides is 1. The van der Waals surface area contributed by atoms with Gasteiger partial charge < -0.3 is 15.4 Å². The van der Waals surface area contributed by atoms with Gasteiger partial charge in [-0.3, -0.25) is 9.59 Å². The van der Waals surface area contributed by atoms with Gasteiger partial charge in [0.2, 0.25) is 5.43 Å². The molecule has 5 rings (SSSR count). The lowest BCUT2D eigenvalue weighted by Crippen LogP contribution is -2.25. The van der Waals surface area contributed by atoms with Crippen molar-refractivity contribution in [2.45, 2.75) is 43.6 Å². The Morgan fingerprint density at radius 3 is 2.33 bits per heavy atom. The number of hydrogen-bond donors (Lipinski definition) is 3. The standard InChI is InChI=1S/C25H20F6N2O3/c26-24(27,28)15-2-1-3-18-21(15)22(35)14(10-32-18)23(36)33-17-7-5-11(8-16(17)25(29,30)31)20-12-4-6-13(20)19(34)9-12/h1-3,5,7-8,10,12-13,19-20,34H,4,6,9H2,(H,32,35)(H,33,36)/t12?,13?,19-,20?/m0/s1. The van der Waals surface area contributed by atoms with Crippen LogP contribution in [0, 0.1) is 11.8 Å². The topological polar surface area (TPSA) is 82.2 Å². The third kappa shape index (κ3) is 4.04. The van der Waals surface area contributed by atoms with E-state index >= 15 is 0 Å². The highest BCUT2D eigenvalue weighted by Crippen LogP contribution is 2.55. The Balaban J connectivity index is 1.52. The molecule has 3 N–H and O–H groups in total. The van der Waals surface area contributed by atoms with E-state index in [0.717, 1.165) is 37.2 Å². The molecule has 1 amide bonds. The molecule has 4 atom stereocenters. The molecule has 2 aromatic carbocycles. The van der Waals surface area contributed by atoms with E-state index in [2.05, 4.69) is 10.3 Å². The number of H-pyrrole nitrogens is 1. The predicted molar refractivity (Wildman–Crippen MR) is 119 cm³/mol. The van der Waals surface area contributed by atoms with Gasteiger partial charge in [0.25, 0.3) is 5.91 Å². The second-order valence-corrected chi connectivity index (χ2v) is 9.34. The van der Waals surface area contributed by atoms with Gasteiger partial charge in [0.15, 0.2) is 0 Å². The van der Waals surface area contributed by atoms with Gasteiger partial charge in [-0.15, -0.1) is 0 Å². The number of carbonyl (C=O) groups excluding carboxylic acids is 1. The van der Waals surface area contributed by atoms with Gasteiger partial charge in [0.1, 0.15) is 5.56 Å². The largest absolute Gasteiger partial charge is 0.418 e. The molecule has 0 aliphatic heterocycles. The van der Waals surface area contributed by atoms with Crippen molar-refractivity contribution in [3.05, 3.63) is 75.1 Å². The normalized spacial score (nSPS) is 23.9. The van der Waals surface area contributed by atoms with Crippen LogP contribution in [0.3, 0.4) is 0 Å². The first kappa shape index (κ1) is 24.4. The van der Waals surface area contributed by atoms with Gasteiger partial charge in [0.05, 0.1) is 28.3 Å². The summed E-state index contributed by atoms with van der Waals surface area (Å²) in [5.74, 6) is -1.55. The Kier molecular flexibility index (Phi) is 5.66. The van der Waals surface area contributed by atoms with Gasteiger partial charge in [0, 0.05) is 11.7 Å². The molecule has 11 heteroatoms. The first-order valence-corrected chi connectivity index (χ1v) is 11.3. The Morgan fingerprint density at radius 2 is 1.72 bits per heavy atom. The van der Waals surface area contributed by atoms with Gasteiger partial charge in [-0.2, -0.15) is 26.3 Å². The minimum absolute atomic E-state index is 0.0745. The molecule has 2 bridgehead atoms. The number of alkyl halides is 6. The number of carbonyl (C=O) groups is 1. The van der Waals surface area contributed by atoms with E-state index in [4.69, 9.17) is 0 Å². The second-order valence-electron chi connectivity index (χ2n) is 9.34. The van der Waals surface area contributed by atoms with Crippen molar-refractivity contribution in [1.29, 1.82) is 0 Å². The summed E-state index contributed by atoms with van der Waals surface area (Å²) >= 11 is 0. The molecule has 2 aliphatic rings. The fourth-order valence-electron chi connectivity index (χ4n) is 5.79. The number of aromatic nitrogens is 1. The average molecular weight is 510 g/mol. The quantitative estimate of drug-likeness (QED) is 0.396. The van der Waals surface area contributed by atoms with Crippen LogP contribution in [0.15, 0.2) is 47.4 Å². The smallest absolute Gasteiger partial charge is 0.393 e. The monoisotopic (exact) mass is 510 g/mol. The number of anilines is 1. The van der Waals surface area contributed by atoms with Crippen molar-refractivity contribution in [3.8, 4) is 0 Å². The lowest BCUT2D eigenvalue weighted by Gasteiger charge is -2.21. The number of hydrogen-bond acceptors (Lipinski definition) is 3. The molecule has 5 nitrogen and oxygen atoms in total. The molecule has 2 aliphatic carbocycles. The number of fused-ring (bicyclic) bond motifs is 3. The summed E-state index contributed by atoms with van der Waals surface area (Å²) in [6.45, 7) is 0. The lowest BCUT2D eigenvalue weighted by atomic mass is 9.88. The molecule has 3 unspecified atom stereocenters. The maximum atomic E-state index is 13.9. The number of rotatable bonds is 3. The molecule has 2 fully saturated rings. The summed E-state index contributed by atoms with van der Waals surface area (Å²) in [7, 11) is 0. The highest BCUT2D eigenvalue weighted by Gasteiger charge is 2.48. The number of pyridine rings is 1. The second kappa shape index (κ2) is 8.36. The predicted octanol–water partition coefficient (Wildman–Crippen LogP) is 5.69. The molecule has 0 saturated heterocycles. The Hall–Kier alpha value is -3.34. The number of aromatic amines is 1. The van der Waals surface area contributed by atoms with Crippen LogP contribution >= 0.6 is 0 Å². The maximum Gasteiger partial charge on any atom is 0.418 e. The van der Waals surface area contributed by atoms with Crippen molar-refractivity contribution in [2.75, 3.05) is 5.32 Å². The van der Waals surface area contributed by atoms with Crippen LogP contribution in [-0.2, 0) is 12.4 Å². The third-order valence-electron chi connectivity index (χ3n) is 7.32. The first-order valence-electron chi connectivity index (χ1n) is 11.3. The molecule has 1 aromatic heterocycles. The Morgan fingerprint density at radius 1 is 1.00 bits per heavy atom. The van der Waals surface area contributed by atoms with Gasteiger partial charge in [-0.05, 0) is 66.8 Å². The minimum Gasteiger partial charge on any atom is -0.393 e. The van der Waals surface area contributed by atoms with E-state index in [9.17, 15) is 41.0 Å². The molecule has 0 spiro atoms. The van der Waals surface area contributed by atoms with Crippen LogP contribution in [0.2, 0.25) is 0 Å². The zero-order valence-electron chi connectivity index (χ0n) is 18.5. The summed E-state index contributed by atoms with van der Waals surface area (Å²) in [5.41, 5.74) is -4.79. The number of nitrogens with one attached hydrogen (secondary N) is 2. The molecule has 2 saturated carbocycles. The lowest BCUT2D eigenvalue weighted by molar-refractivity contribution is -0.137. The third-order valence-corrected chi connectivity index (χ3v) is 7.32. The molecular formula is C25H20F6N2O3. The number of aliphatic hydroxyl groups excluding tert-OH is 1. The minimum atomic E-state index is -4.88. The number of halogens is 6. The Labute approximate surface area is 200 Å². The van der Waals surface area contributed by atoms with Crippen LogP contribution in [-0.4, -0.2) is 22.1 Å². The van der Waals surface area contributed by atoms with Gasteiger partial charge in [-0.1, -0.05) is 12.1 Å². The fourth-order valence-corrected chi connectivity index (χ4v) is 5.79. The van der Waals surface area contributed by atoms with Crippen molar-refractivity contribution in [3.63, 3.8) is 0 Å². The maximum absolute atomic E-state index is 13.9. The van der Waals surface area contributed by atoms with Crippen LogP contribution in [0.5, 0.6) is 0 Å². The van der Waals surface area contributed by atoms with E-state index in [-0.39, 0.29) is 23.3 Å². The number of benzene rings is 2. The van der Waals surface area contributed by atoms with Crippen LogP contribution in [0.25, 0.3) is 10.9 Å². The highest BCUT2D eigenvalue weighted by molar-refractivity contribution is 6.06. The summed E-state index contributed by atoms with van der Waals surface area (Å²) < 4.78 is 82.1. The SMILES string of the molecule is O=C(Nc1ccc(C2C3CCC2[C@@H](O)C3)cc1C(F)(F)F)c1c[nH]c2cccc(C(F)(F)F)c2c1=O. The zero-order valence-corrected chi connectivity index (χ0v) is 18.5. The molecule has 3 aromatic rings. The van der Waals surface area contributed by atoms with E-state index in [1.165, 1.54) is 12.1 Å². The van der Waals surface area contributed by atoms with Crippen molar-refractivity contribution in [2.24, 2.45) is 11.8 Å². The molecule has 36 heavy (non-hydrogen) atoms. The zero-order chi connectivity index (χ0) is 26.0. The van der Waals surface area contributed by atoms with E-state index in [0.29, 0.717) is 18.1 Å². The van der Waals surface area contributed by atoms with Crippen molar-refractivity contribution >= 4 is 22.5 Å². The van der Waals surface area contributed by atoms with Gasteiger partial charge in [-0.25, -0.2) is 0 Å². The summed E-state index contributed by atoms with van der Waals surface area (Å²) in [5, 5.41) is 11.4. The molecule has 1 heterocycles. The fraction of sp³-hybridized carbons (Fsp3) is 0.360. The summed E-state index contributed by atoms with van der Waals surface area (Å²) in [4.78, 5) is 28.1. The van der Waals surface area contributed by atoms with Crippen LogP contribution in [0.1, 0.15) is 52.2 Å². The van der Waals surface area contributed by atoms with E-state index < -0.39 is 57.6 Å². The highest BCUT2D eigenvalue weighted by atomic mass is 19.4. The molecule has 0 radical (unpaired) electrons. The van der Waals surface area contributed by atoms with Gasteiger partial charge >= 0.3 is 12.4 Å². The van der Waals surface area contributed by atoms with Crippen molar-refractivity contribution in [1.82, 2.24) is 4.98 Å². The summed E-state index contributed by atoms with van der Waals surface area (Å²) in [6, 6.07) is 6.47. The van der Waals surface area contributed by atoms with Crippen LogP contribution < -0.4 is 10.7 Å². The summed E-state index contributed by atoms with van der Waals surface area (Å²) in [6.07, 6.45) is -7.36. The number of aliphatic hydroxyl groups is 1. The van der Waals surface area contributed by atoms with Crippen LogP contribution in [0.4, 0.5) is 32.0 Å². The Bertz CT molecular complexity index is 1410. The van der Waals surface area contributed by atoms with E-state index in [1.54, 1.807) is 0 Å². The van der Waals surface area contributed by atoms with E-state index in [1.807, 2.05) is 0 Å². The molecular weight excluding hydrogens is 490 g/mol. The first-order chi connectivity index (χ1) is 16.9. The van der Waals surface area contributed by atoms with Crippen molar-refractivity contribution < 1.29 is 36.2 Å². The average Bonchev–Trinajstić information content (AvgIpc) is 3.34.